The molecule has 0 aliphatic heterocycles. The first-order valence-electron chi connectivity index (χ1n) is 8.35. The van der Waals surface area contributed by atoms with Crippen LogP contribution in [-0.4, -0.2) is 35.1 Å². The van der Waals surface area contributed by atoms with Crippen molar-refractivity contribution in [3.8, 4) is 0 Å². The summed E-state index contributed by atoms with van der Waals surface area (Å²) in [5.74, 6) is 0. The van der Waals surface area contributed by atoms with Gasteiger partial charge in [-0.05, 0) is 74.5 Å². The van der Waals surface area contributed by atoms with Crippen LogP contribution >= 0.6 is 11.6 Å². The van der Waals surface area contributed by atoms with Gasteiger partial charge in [-0.3, -0.25) is 0 Å². The first-order valence-corrected chi connectivity index (χ1v) is 8.73. The van der Waals surface area contributed by atoms with E-state index in [4.69, 9.17) is 26.9 Å². The highest BCUT2D eigenvalue weighted by Gasteiger charge is 2.09. The Morgan fingerprint density at radius 1 is 0.636 bits per heavy atom. The molecule has 22 heavy (non-hydrogen) atoms. The monoisotopic (exact) mass is 328 g/mol. The summed E-state index contributed by atoms with van der Waals surface area (Å²) >= 11 is 6.53. The van der Waals surface area contributed by atoms with E-state index in [1.165, 1.54) is 5.56 Å². The second kappa shape index (κ2) is 11.9. The zero-order chi connectivity index (χ0) is 16.2. The second-order valence-electron chi connectivity index (χ2n) is 5.77. The fraction of sp³-hybridized carbons (Fsp3) is 0.667. The number of unbranched alkanes of at least 4 members (excludes halogenated alkanes) is 3. The van der Waals surface area contributed by atoms with E-state index >= 15 is 0 Å². The summed E-state index contributed by atoms with van der Waals surface area (Å²) in [5.41, 5.74) is 3.60. The van der Waals surface area contributed by atoms with Gasteiger partial charge in [-0.2, -0.15) is 0 Å². The van der Waals surface area contributed by atoms with Gasteiger partial charge in [-0.15, -0.1) is 0 Å². The van der Waals surface area contributed by atoms with E-state index < -0.39 is 0 Å². The topological polar surface area (TPSA) is 60.7 Å². The van der Waals surface area contributed by atoms with Crippen LogP contribution in [0.4, 0.5) is 0 Å². The van der Waals surface area contributed by atoms with Gasteiger partial charge < -0.3 is 15.3 Å². The SMILES string of the molecule is OCCCCc1cc(CCCCO)c(Cl)c(CCCCO)c1. The lowest BCUT2D eigenvalue weighted by molar-refractivity contribution is 0.284. The Labute approximate surface area is 138 Å². The molecule has 0 aliphatic rings. The lowest BCUT2D eigenvalue weighted by Gasteiger charge is -2.13. The molecule has 0 atom stereocenters. The van der Waals surface area contributed by atoms with E-state index in [2.05, 4.69) is 12.1 Å². The molecule has 0 unspecified atom stereocenters. The van der Waals surface area contributed by atoms with Crippen LogP contribution in [0.25, 0.3) is 0 Å². The van der Waals surface area contributed by atoms with E-state index in [-0.39, 0.29) is 19.8 Å². The van der Waals surface area contributed by atoms with E-state index in [0.717, 1.165) is 73.9 Å². The lowest BCUT2D eigenvalue weighted by atomic mass is 9.96. The first kappa shape index (κ1) is 19.4. The van der Waals surface area contributed by atoms with Gasteiger partial charge >= 0.3 is 0 Å². The molecule has 0 amide bonds. The molecule has 0 spiro atoms. The third-order valence-electron chi connectivity index (χ3n) is 3.87. The zero-order valence-corrected chi connectivity index (χ0v) is 14.1. The number of hydrogen-bond acceptors (Lipinski definition) is 3. The van der Waals surface area contributed by atoms with Crippen LogP contribution in [-0.2, 0) is 19.3 Å². The van der Waals surface area contributed by atoms with Crippen molar-refractivity contribution in [2.75, 3.05) is 19.8 Å². The van der Waals surface area contributed by atoms with Gasteiger partial charge in [0.2, 0.25) is 0 Å². The van der Waals surface area contributed by atoms with Gasteiger partial charge in [-0.25, -0.2) is 0 Å². The van der Waals surface area contributed by atoms with Gasteiger partial charge in [0.1, 0.15) is 0 Å². The molecule has 0 aromatic heterocycles. The maximum Gasteiger partial charge on any atom is 0.0470 e. The number of halogens is 1. The Balaban J connectivity index is 2.81. The summed E-state index contributed by atoms with van der Waals surface area (Å²) in [6, 6.07) is 4.35. The molecule has 0 saturated heterocycles. The third kappa shape index (κ3) is 7.10. The predicted molar refractivity (Wildman–Crippen MR) is 91.5 cm³/mol. The van der Waals surface area contributed by atoms with E-state index in [9.17, 15) is 0 Å². The third-order valence-corrected chi connectivity index (χ3v) is 4.35. The Morgan fingerprint density at radius 2 is 1.05 bits per heavy atom. The molecule has 0 bridgehead atoms. The Kier molecular flexibility index (Phi) is 10.5. The van der Waals surface area contributed by atoms with Crippen LogP contribution in [0.1, 0.15) is 55.2 Å². The van der Waals surface area contributed by atoms with Crippen LogP contribution < -0.4 is 0 Å². The summed E-state index contributed by atoms with van der Waals surface area (Å²) in [4.78, 5) is 0. The molecule has 0 heterocycles. The molecule has 0 radical (unpaired) electrons. The quantitative estimate of drug-likeness (QED) is 0.516. The summed E-state index contributed by atoms with van der Waals surface area (Å²) in [6.07, 6.45) is 8.00. The normalized spacial score (nSPS) is 11.1. The summed E-state index contributed by atoms with van der Waals surface area (Å²) in [6.45, 7) is 0.675. The fourth-order valence-electron chi connectivity index (χ4n) is 2.63. The van der Waals surface area contributed by atoms with Crippen LogP contribution in [0.15, 0.2) is 12.1 Å². The van der Waals surface area contributed by atoms with Crippen LogP contribution in [0, 0.1) is 0 Å². The van der Waals surface area contributed by atoms with Crippen LogP contribution in [0.3, 0.4) is 0 Å². The largest absolute Gasteiger partial charge is 0.396 e. The van der Waals surface area contributed by atoms with Crippen LogP contribution in [0.5, 0.6) is 0 Å². The number of hydrogen-bond donors (Lipinski definition) is 3. The van der Waals surface area contributed by atoms with Gasteiger partial charge in [0.25, 0.3) is 0 Å². The molecule has 1 aromatic rings. The van der Waals surface area contributed by atoms with Crippen LogP contribution in [0.2, 0.25) is 5.02 Å². The molecule has 1 rings (SSSR count). The minimum Gasteiger partial charge on any atom is -0.396 e. The van der Waals surface area contributed by atoms with Gasteiger partial charge in [0.05, 0.1) is 0 Å². The molecular weight excluding hydrogens is 300 g/mol. The molecule has 126 valence electrons. The predicted octanol–water partition coefficient (Wildman–Crippen LogP) is 3.29. The molecule has 1 aromatic carbocycles. The molecule has 0 aliphatic carbocycles. The van der Waals surface area contributed by atoms with Crippen molar-refractivity contribution in [3.63, 3.8) is 0 Å². The maximum atomic E-state index is 8.93. The van der Waals surface area contributed by atoms with Crippen molar-refractivity contribution in [1.82, 2.24) is 0 Å². The standard InChI is InChI=1S/C18H29ClO3/c19-18-16(8-2-5-11-21)13-15(7-1-4-10-20)14-17(18)9-3-6-12-22/h13-14,20-22H,1-12H2. The number of aliphatic hydroxyl groups is 3. The van der Waals surface area contributed by atoms with E-state index in [1.807, 2.05) is 0 Å². The lowest BCUT2D eigenvalue weighted by Crippen LogP contribution is -1.99. The molecule has 4 heteroatoms. The highest BCUT2D eigenvalue weighted by atomic mass is 35.5. The highest BCUT2D eigenvalue weighted by Crippen LogP contribution is 2.27. The average molecular weight is 329 g/mol. The fourth-order valence-corrected chi connectivity index (χ4v) is 2.92. The van der Waals surface area contributed by atoms with Crippen molar-refractivity contribution >= 4 is 11.6 Å². The Hall–Kier alpha value is -0.610. The maximum absolute atomic E-state index is 8.93. The van der Waals surface area contributed by atoms with Crippen molar-refractivity contribution in [1.29, 1.82) is 0 Å². The second-order valence-corrected chi connectivity index (χ2v) is 6.15. The molecule has 3 nitrogen and oxygen atoms in total. The first-order chi connectivity index (χ1) is 10.7. The van der Waals surface area contributed by atoms with Crippen molar-refractivity contribution < 1.29 is 15.3 Å². The number of aliphatic hydroxyl groups excluding tert-OH is 3. The molecule has 3 N–H and O–H groups in total. The zero-order valence-electron chi connectivity index (χ0n) is 13.4. The van der Waals surface area contributed by atoms with Crippen molar-refractivity contribution in [3.05, 3.63) is 33.8 Å². The summed E-state index contributed by atoms with van der Waals surface area (Å²) in [5, 5.41) is 27.6. The Bertz CT molecular complexity index is 390. The van der Waals surface area contributed by atoms with Gasteiger partial charge in [0.15, 0.2) is 0 Å². The molecular formula is C18H29ClO3. The highest BCUT2D eigenvalue weighted by molar-refractivity contribution is 6.32. The van der Waals surface area contributed by atoms with Gasteiger partial charge in [0, 0.05) is 24.8 Å². The van der Waals surface area contributed by atoms with Gasteiger partial charge in [-0.1, -0.05) is 23.7 Å². The summed E-state index contributed by atoms with van der Waals surface area (Å²) < 4.78 is 0. The molecule has 0 fully saturated rings. The van der Waals surface area contributed by atoms with Crippen molar-refractivity contribution in [2.45, 2.75) is 57.8 Å². The van der Waals surface area contributed by atoms with E-state index in [0.29, 0.717) is 0 Å². The minimum absolute atomic E-state index is 0.219. The summed E-state index contributed by atoms with van der Waals surface area (Å²) in [7, 11) is 0. The van der Waals surface area contributed by atoms with Crippen molar-refractivity contribution in [2.24, 2.45) is 0 Å². The van der Waals surface area contributed by atoms with E-state index in [1.54, 1.807) is 0 Å². The number of aryl methyl sites for hydroxylation is 3. The minimum atomic E-state index is 0.219. The smallest absolute Gasteiger partial charge is 0.0470 e. The number of rotatable bonds is 12. The number of benzene rings is 1. The average Bonchev–Trinajstić information content (AvgIpc) is 2.52. The molecule has 0 saturated carbocycles. The Morgan fingerprint density at radius 3 is 1.45 bits per heavy atom.